The third-order valence-corrected chi connectivity index (χ3v) is 6.66. The van der Waals surface area contributed by atoms with Gasteiger partial charge < -0.3 is 14.7 Å². The number of benzene rings is 3. The van der Waals surface area contributed by atoms with Gasteiger partial charge in [-0.3, -0.25) is 0 Å². The minimum Gasteiger partial charge on any atom is -0.492 e. The zero-order chi connectivity index (χ0) is 24.6. The molecule has 180 valence electrons. The first kappa shape index (κ1) is 25.7. The van der Waals surface area contributed by atoms with Crippen LogP contribution in [-0.2, 0) is 9.84 Å². The molecule has 0 radical (unpaired) electrons. The lowest BCUT2D eigenvalue weighted by molar-refractivity contribution is 0.261. The fraction of sp³-hybridized carbons (Fsp3) is 0.286. The van der Waals surface area contributed by atoms with Gasteiger partial charge in [-0.2, -0.15) is 0 Å². The maximum absolute atomic E-state index is 12.0. The highest BCUT2D eigenvalue weighted by atomic mass is 32.2. The van der Waals surface area contributed by atoms with Gasteiger partial charge in [-0.25, -0.2) is 8.42 Å². The molecule has 0 saturated heterocycles. The van der Waals surface area contributed by atoms with E-state index in [0.717, 1.165) is 40.1 Å². The Morgan fingerprint density at radius 2 is 1.44 bits per heavy atom. The fourth-order valence-electron chi connectivity index (χ4n) is 3.76. The largest absolute Gasteiger partial charge is 0.492 e. The van der Waals surface area contributed by atoms with Crippen molar-refractivity contribution in [3.63, 3.8) is 0 Å². The number of sulfone groups is 1. The normalized spacial score (nSPS) is 12.5. The van der Waals surface area contributed by atoms with Crippen molar-refractivity contribution in [1.29, 1.82) is 0 Å². The van der Waals surface area contributed by atoms with Crippen molar-refractivity contribution in [1.82, 2.24) is 4.90 Å². The summed E-state index contributed by atoms with van der Waals surface area (Å²) in [4.78, 5) is 2.36. The van der Waals surface area contributed by atoms with Gasteiger partial charge in [-0.05, 0) is 79.0 Å². The molecule has 3 rings (SSSR count). The van der Waals surface area contributed by atoms with E-state index in [2.05, 4.69) is 17.0 Å². The molecule has 5 nitrogen and oxygen atoms in total. The van der Waals surface area contributed by atoms with E-state index >= 15 is 0 Å². The molecule has 0 aliphatic rings. The second kappa shape index (κ2) is 12.0. The van der Waals surface area contributed by atoms with E-state index in [1.807, 2.05) is 68.7 Å². The summed E-state index contributed by atoms with van der Waals surface area (Å²) in [5.74, 6) is 0.800. The number of hydrogen-bond donors (Lipinski definition) is 1. The Balaban J connectivity index is 2.10. The molecule has 3 aromatic rings. The highest BCUT2D eigenvalue weighted by Crippen LogP contribution is 2.36. The molecule has 1 N–H and O–H groups in total. The average molecular weight is 480 g/mol. The molecule has 6 heteroatoms. The quantitative estimate of drug-likeness (QED) is 0.402. The van der Waals surface area contributed by atoms with E-state index < -0.39 is 9.84 Å². The van der Waals surface area contributed by atoms with E-state index in [1.165, 1.54) is 6.26 Å². The summed E-state index contributed by atoms with van der Waals surface area (Å²) in [6, 6.07) is 25.1. The molecule has 0 fully saturated rings. The van der Waals surface area contributed by atoms with Crippen LogP contribution in [0.25, 0.3) is 11.1 Å². The molecule has 34 heavy (non-hydrogen) atoms. The number of likely N-dealkylation sites (N-methyl/N-ethyl adjacent to an activating group) is 1. The van der Waals surface area contributed by atoms with Crippen LogP contribution >= 0.6 is 0 Å². The SMILES string of the molecule is CN(C)CCOc1ccc(C(=C(CCCO)c2ccccc2)c2ccc(S(C)(=O)=O)cc2)cc1. The van der Waals surface area contributed by atoms with Crippen LogP contribution in [0.1, 0.15) is 29.5 Å². The number of hydrogen-bond acceptors (Lipinski definition) is 5. The lowest BCUT2D eigenvalue weighted by atomic mass is 9.87. The molecule has 0 spiro atoms. The summed E-state index contributed by atoms with van der Waals surface area (Å²) in [6.07, 6.45) is 2.52. The van der Waals surface area contributed by atoms with Gasteiger partial charge in [0.05, 0.1) is 4.90 Å². The predicted octanol–water partition coefficient (Wildman–Crippen LogP) is 4.76. The van der Waals surface area contributed by atoms with Crippen molar-refractivity contribution in [2.45, 2.75) is 17.7 Å². The van der Waals surface area contributed by atoms with E-state index in [0.29, 0.717) is 19.4 Å². The van der Waals surface area contributed by atoms with Crippen molar-refractivity contribution in [2.75, 3.05) is 40.1 Å². The Hall–Kier alpha value is -2.93. The molecule has 0 atom stereocenters. The van der Waals surface area contributed by atoms with E-state index in [9.17, 15) is 13.5 Å². The zero-order valence-electron chi connectivity index (χ0n) is 20.1. The predicted molar refractivity (Wildman–Crippen MR) is 139 cm³/mol. The first-order valence-electron chi connectivity index (χ1n) is 11.4. The summed E-state index contributed by atoms with van der Waals surface area (Å²) in [6.45, 7) is 1.53. The van der Waals surface area contributed by atoms with Crippen molar-refractivity contribution in [2.24, 2.45) is 0 Å². The molecular formula is C28H33NO4S. The Morgan fingerprint density at radius 1 is 0.853 bits per heavy atom. The van der Waals surface area contributed by atoms with Gasteiger partial charge >= 0.3 is 0 Å². The Kier molecular flexibility index (Phi) is 9.05. The molecule has 0 heterocycles. The summed E-state index contributed by atoms with van der Waals surface area (Å²) >= 11 is 0. The Morgan fingerprint density at radius 3 is 1.97 bits per heavy atom. The summed E-state index contributed by atoms with van der Waals surface area (Å²) in [7, 11) is 0.734. The Bertz CT molecular complexity index is 1180. The smallest absolute Gasteiger partial charge is 0.175 e. The second-order valence-electron chi connectivity index (χ2n) is 8.52. The summed E-state index contributed by atoms with van der Waals surface area (Å²) in [5, 5.41) is 9.56. The maximum atomic E-state index is 12.0. The topological polar surface area (TPSA) is 66.8 Å². The standard InChI is InChI=1S/C28H33NO4S/c1-29(2)19-21-33-25-15-11-23(12-16-25)28(24-13-17-26(18-14-24)34(3,31)32)27(10-7-20-30)22-8-5-4-6-9-22/h4-6,8-9,11-18,30H,7,10,19-21H2,1-3H3. The van der Waals surface area contributed by atoms with E-state index in [1.54, 1.807) is 12.1 Å². The molecular weight excluding hydrogens is 446 g/mol. The van der Waals surface area contributed by atoms with E-state index in [4.69, 9.17) is 4.74 Å². The fourth-order valence-corrected chi connectivity index (χ4v) is 4.39. The third kappa shape index (κ3) is 7.03. The molecule has 0 unspecified atom stereocenters. The molecule has 0 bridgehead atoms. The van der Waals surface area contributed by atoms with Gasteiger partial charge in [0.1, 0.15) is 12.4 Å². The minimum absolute atomic E-state index is 0.0925. The first-order chi connectivity index (χ1) is 16.3. The van der Waals surface area contributed by atoms with Crippen molar-refractivity contribution >= 4 is 21.0 Å². The van der Waals surface area contributed by atoms with Crippen LogP contribution < -0.4 is 4.74 Å². The van der Waals surface area contributed by atoms with Crippen LogP contribution in [0, 0.1) is 0 Å². The van der Waals surface area contributed by atoms with E-state index in [-0.39, 0.29) is 11.5 Å². The number of aliphatic hydroxyl groups is 1. The Labute approximate surface area is 203 Å². The monoisotopic (exact) mass is 479 g/mol. The number of ether oxygens (including phenoxy) is 1. The van der Waals surface area contributed by atoms with Crippen LogP contribution in [0.5, 0.6) is 5.75 Å². The van der Waals surface area contributed by atoms with Crippen LogP contribution in [0.3, 0.4) is 0 Å². The average Bonchev–Trinajstić information content (AvgIpc) is 2.82. The van der Waals surface area contributed by atoms with Gasteiger partial charge in [-0.1, -0.05) is 54.6 Å². The summed E-state index contributed by atoms with van der Waals surface area (Å²) in [5.41, 5.74) is 5.11. The van der Waals surface area contributed by atoms with Crippen molar-refractivity contribution in [3.8, 4) is 5.75 Å². The molecule has 3 aromatic carbocycles. The van der Waals surface area contributed by atoms with Crippen LogP contribution in [0.4, 0.5) is 0 Å². The van der Waals surface area contributed by atoms with Crippen LogP contribution in [0.15, 0.2) is 83.8 Å². The zero-order valence-corrected chi connectivity index (χ0v) is 20.9. The molecule has 0 saturated carbocycles. The van der Waals surface area contributed by atoms with Gasteiger partial charge in [0.25, 0.3) is 0 Å². The van der Waals surface area contributed by atoms with Gasteiger partial charge in [0.2, 0.25) is 0 Å². The lowest BCUT2D eigenvalue weighted by Crippen LogP contribution is -2.19. The van der Waals surface area contributed by atoms with Crippen molar-refractivity contribution < 1.29 is 18.3 Å². The number of allylic oxidation sites excluding steroid dienone is 1. The van der Waals surface area contributed by atoms with Gasteiger partial charge in [-0.15, -0.1) is 0 Å². The highest BCUT2D eigenvalue weighted by molar-refractivity contribution is 7.90. The van der Waals surface area contributed by atoms with Crippen LogP contribution in [0.2, 0.25) is 0 Å². The minimum atomic E-state index is -3.29. The van der Waals surface area contributed by atoms with Gasteiger partial charge in [0, 0.05) is 19.4 Å². The highest BCUT2D eigenvalue weighted by Gasteiger charge is 2.16. The first-order valence-corrected chi connectivity index (χ1v) is 13.3. The third-order valence-electron chi connectivity index (χ3n) is 5.53. The van der Waals surface area contributed by atoms with Crippen LogP contribution in [-0.4, -0.2) is 58.5 Å². The van der Waals surface area contributed by atoms with Crippen molar-refractivity contribution in [3.05, 3.63) is 95.6 Å². The molecule has 0 aliphatic heterocycles. The summed E-state index contributed by atoms with van der Waals surface area (Å²) < 4.78 is 29.8. The second-order valence-corrected chi connectivity index (χ2v) is 10.5. The lowest BCUT2D eigenvalue weighted by Gasteiger charge is -2.18. The molecule has 0 amide bonds. The maximum Gasteiger partial charge on any atom is 0.175 e. The number of nitrogens with zero attached hydrogens (tertiary/aromatic N) is 1. The molecule has 0 aliphatic carbocycles. The van der Waals surface area contributed by atoms with Gasteiger partial charge in [0.15, 0.2) is 9.84 Å². The number of aliphatic hydroxyl groups excluding tert-OH is 1. The number of rotatable bonds is 11. The molecule has 0 aromatic heterocycles.